The van der Waals surface area contributed by atoms with Gasteiger partial charge in [-0.05, 0) is 24.3 Å². The maximum absolute atomic E-state index is 11.0. The molecule has 0 aliphatic carbocycles. The number of benzene rings is 1. The highest BCUT2D eigenvalue weighted by Gasteiger charge is 2.15. The molecule has 3 heterocycles. The molecule has 0 radical (unpaired) electrons. The van der Waals surface area contributed by atoms with Crippen molar-refractivity contribution < 1.29 is 9.90 Å². The lowest BCUT2D eigenvalue weighted by Crippen LogP contribution is -1.96. The van der Waals surface area contributed by atoms with Crippen molar-refractivity contribution in [1.29, 1.82) is 0 Å². The Labute approximate surface area is 135 Å². The lowest BCUT2D eigenvalue weighted by atomic mass is 10.1. The second-order valence-electron chi connectivity index (χ2n) is 5.24. The molecule has 0 fully saturated rings. The Kier molecular flexibility index (Phi) is 3.02. The van der Waals surface area contributed by atoms with E-state index >= 15 is 0 Å². The number of nitrogen functional groups attached to an aromatic ring is 1. The van der Waals surface area contributed by atoms with Crippen molar-refractivity contribution in [3.63, 3.8) is 0 Å². The van der Waals surface area contributed by atoms with Gasteiger partial charge in [0.05, 0.1) is 27.9 Å². The Morgan fingerprint density at radius 3 is 2.58 bits per heavy atom. The molecule has 0 saturated carbocycles. The second kappa shape index (κ2) is 5.20. The van der Waals surface area contributed by atoms with E-state index in [1.165, 1.54) is 0 Å². The van der Waals surface area contributed by atoms with Gasteiger partial charge in [0, 0.05) is 11.8 Å². The first-order valence-corrected chi connectivity index (χ1v) is 7.11. The third-order valence-electron chi connectivity index (χ3n) is 3.76. The van der Waals surface area contributed by atoms with Gasteiger partial charge in [-0.25, -0.2) is 9.78 Å². The predicted octanol–water partition coefficient (Wildman–Crippen LogP) is 2.30. The zero-order valence-corrected chi connectivity index (χ0v) is 12.3. The fourth-order valence-electron chi connectivity index (χ4n) is 2.58. The van der Waals surface area contributed by atoms with Crippen molar-refractivity contribution in [1.82, 2.24) is 25.4 Å². The summed E-state index contributed by atoms with van der Waals surface area (Å²) in [6.45, 7) is 0. The van der Waals surface area contributed by atoms with Gasteiger partial charge in [0.2, 0.25) is 0 Å². The van der Waals surface area contributed by atoms with E-state index in [-0.39, 0.29) is 5.56 Å². The van der Waals surface area contributed by atoms with Crippen LogP contribution in [0.15, 0.2) is 42.6 Å². The summed E-state index contributed by atoms with van der Waals surface area (Å²) in [5.74, 6) is -0.612. The number of fused-ring (bicyclic) bond motifs is 1. The highest BCUT2D eigenvalue weighted by atomic mass is 16.4. The molecule has 0 bridgehead atoms. The first-order chi connectivity index (χ1) is 11.6. The van der Waals surface area contributed by atoms with E-state index in [9.17, 15) is 4.79 Å². The van der Waals surface area contributed by atoms with E-state index in [2.05, 4.69) is 25.4 Å². The Bertz CT molecular complexity index is 1030. The zero-order valence-electron chi connectivity index (χ0n) is 12.3. The largest absolute Gasteiger partial charge is 0.478 e. The van der Waals surface area contributed by atoms with Gasteiger partial charge < -0.3 is 10.8 Å². The van der Waals surface area contributed by atoms with Crippen LogP contribution in [-0.2, 0) is 0 Å². The Morgan fingerprint density at radius 1 is 1.12 bits per heavy atom. The number of aromatic carboxylic acids is 1. The highest BCUT2D eigenvalue weighted by molar-refractivity contribution is 6.00. The van der Waals surface area contributed by atoms with Gasteiger partial charge in [-0.2, -0.15) is 10.2 Å². The van der Waals surface area contributed by atoms with Gasteiger partial charge in [0.15, 0.2) is 5.82 Å². The van der Waals surface area contributed by atoms with Crippen molar-refractivity contribution in [3.05, 3.63) is 48.2 Å². The van der Waals surface area contributed by atoms with Crippen molar-refractivity contribution >= 4 is 22.7 Å². The van der Waals surface area contributed by atoms with Crippen LogP contribution in [0.5, 0.6) is 0 Å². The van der Waals surface area contributed by atoms with Crippen molar-refractivity contribution in [2.75, 3.05) is 5.73 Å². The van der Waals surface area contributed by atoms with Gasteiger partial charge in [0.1, 0.15) is 5.69 Å². The first-order valence-electron chi connectivity index (χ1n) is 7.11. The minimum Gasteiger partial charge on any atom is -0.478 e. The van der Waals surface area contributed by atoms with Crippen molar-refractivity contribution in [2.24, 2.45) is 0 Å². The summed E-state index contributed by atoms with van der Waals surface area (Å²) in [4.78, 5) is 15.6. The standard InChI is InChI=1S/C16H12N6O2/c17-15-13-12(21-22-15)7-11(19-14(13)10-5-6-18-20-10)8-1-3-9(4-2-8)16(23)24/h1-7H,(H,18,20)(H,23,24)(H3,17,21,22). The predicted molar refractivity (Wildman–Crippen MR) is 88.3 cm³/mol. The van der Waals surface area contributed by atoms with Gasteiger partial charge in [0.25, 0.3) is 0 Å². The van der Waals surface area contributed by atoms with E-state index in [1.807, 2.05) is 6.07 Å². The number of hydrogen-bond donors (Lipinski definition) is 4. The summed E-state index contributed by atoms with van der Waals surface area (Å²) in [6, 6.07) is 10.1. The fourth-order valence-corrected chi connectivity index (χ4v) is 2.58. The summed E-state index contributed by atoms with van der Waals surface area (Å²) < 4.78 is 0. The number of carboxylic acids is 1. The molecule has 0 atom stereocenters. The minimum atomic E-state index is -0.968. The molecule has 24 heavy (non-hydrogen) atoms. The van der Waals surface area contributed by atoms with Crippen molar-refractivity contribution in [2.45, 2.75) is 0 Å². The summed E-state index contributed by atoms with van der Waals surface area (Å²) in [5, 5.41) is 23.5. The van der Waals surface area contributed by atoms with E-state index in [4.69, 9.17) is 10.8 Å². The van der Waals surface area contributed by atoms with Crippen LogP contribution in [0, 0.1) is 0 Å². The molecule has 0 amide bonds. The highest BCUT2D eigenvalue weighted by Crippen LogP contribution is 2.32. The lowest BCUT2D eigenvalue weighted by Gasteiger charge is -2.06. The smallest absolute Gasteiger partial charge is 0.335 e. The molecule has 0 aliphatic heterocycles. The number of aromatic nitrogens is 5. The molecule has 3 aromatic heterocycles. The molecule has 1 aromatic carbocycles. The Hall–Kier alpha value is -3.68. The van der Waals surface area contributed by atoms with Gasteiger partial charge in [-0.3, -0.25) is 10.2 Å². The number of H-pyrrole nitrogens is 2. The topological polar surface area (TPSA) is 134 Å². The Morgan fingerprint density at radius 2 is 1.92 bits per heavy atom. The van der Waals surface area contributed by atoms with E-state index in [0.29, 0.717) is 22.6 Å². The second-order valence-corrected chi connectivity index (χ2v) is 5.24. The number of nitrogens with one attached hydrogen (secondary N) is 2. The summed E-state index contributed by atoms with van der Waals surface area (Å²) in [7, 11) is 0. The number of hydrogen-bond acceptors (Lipinski definition) is 5. The molecule has 5 N–H and O–H groups in total. The maximum atomic E-state index is 11.0. The summed E-state index contributed by atoms with van der Waals surface area (Å²) in [5.41, 5.74) is 9.72. The molecule has 0 aliphatic rings. The molecule has 8 heteroatoms. The molecule has 118 valence electrons. The van der Waals surface area contributed by atoms with E-state index < -0.39 is 5.97 Å². The molecular formula is C16H12N6O2. The molecular weight excluding hydrogens is 308 g/mol. The molecule has 0 unspecified atom stereocenters. The quantitative estimate of drug-likeness (QED) is 0.457. The maximum Gasteiger partial charge on any atom is 0.335 e. The normalized spacial score (nSPS) is 11.0. The van der Waals surface area contributed by atoms with Gasteiger partial charge >= 0.3 is 5.97 Å². The summed E-state index contributed by atoms with van der Waals surface area (Å²) >= 11 is 0. The number of aromatic amines is 2. The van der Waals surface area contributed by atoms with Crippen LogP contribution in [0.1, 0.15) is 10.4 Å². The third-order valence-corrected chi connectivity index (χ3v) is 3.76. The zero-order chi connectivity index (χ0) is 16.7. The number of carboxylic acid groups (broad SMARTS) is 1. The van der Waals surface area contributed by atoms with E-state index in [1.54, 1.807) is 36.5 Å². The summed E-state index contributed by atoms with van der Waals surface area (Å²) in [6.07, 6.45) is 1.63. The number of nitrogens with zero attached hydrogens (tertiary/aromatic N) is 3. The molecule has 4 aromatic rings. The first kappa shape index (κ1) is 13.9. The Balaban J connectivity index is 1.92. The monoisotopic (exact) mass is 320 g/mol. The number of carbonyl (C=O) groups is 1. The SMILES string of the molecule is Nc1n[nH]c2cc(-c3ccc(C(=O)O)cc3)nc(-c3ccn[nH]3)c12. The van der Waals surface area contributed by atoms with Crippen LogP contribution in [0.25, 0.3) is 33.5 Å². The fraction of sp³-hybridized carbons (Fsp3) is 0. The minimum absolute atomic E-state index is 0.222. The lowest BCUT2D eigenvalue weighted by molar-refractivity contribution is 0.0697. The van der Waals surface area contributed by atoms with Gasteiger partial charge in [-0.1, -0.05) is 12.1 Å². The van der Waals surface area contributed by atoms with Crippen molar-refractivity contribution in [3.8, 4) is 22.6 Å². The number of anilines is 1. The van der Waals surface area contributed by atoms with Crippen LogP contribution in [0.4, 0.5) is 5.82 Å². The van der Waals surface area contributed by atoms with Crippen LogP contribution < -0.4 is 5.73 Å². The third kappa shape index (κ3) is 2.17. The van der Waals surface area contributed by atoms with Crippen LogP contribution in [0.2, 0.25) is 0 Å². The number of nitrogens with two attached hydrogens (primary N) is 1. The van der Waals surface area contributed by atoms with Gasteiger partial charge in [-0.15, -0.1) is 0 Å². The van der Waals surface area contributed by atoms with Crippen LogP contribution in [0.3, 0.4) is 0 Å². The van der Waals surface area contributed by atoms with E-state index in [0.717, 1.165) is 16.8 Å². The molecule has 0 saturated heterocycles. The van der Waals surface area contributed by atoms with Crippen LogP contribution in [-0.4, -0.2) is 36.5 Å². The average Bonchev–Trinajstić information content (AvgIpc) is 3.25. The molecule has 8 nitrogen and oxygen atoms in total. The van der Waals surface area contributed by atoms with Crippen LogP contribution >= 0.6 is 0 Å². The molecule has 0 spiro atoms. The molecule has 4 rings (SSSR count). The average molecular weight is 320 g/mol. The number of rotatable bonds is 3. The number of pyridine rings is 1.